The van der Waals surface area contributed by atoms with Gasteiger partial charge in [-0.15, -0.1) is 0 Å². The lowest BCUT2D eigenvalue weighted by molar-refractivity contribution is -0.144. The second kappa shape index (κ2) is 8.03. The van der Waals surface area contributed by atoms with Gasteiger partial charge in [0.1, 0.15) is 11.3 Å². The number of hydrogen-bond donors (Lipinski definition) is 2. The van der Waals surface area contributed by atoms with Crippen LogP contribution in [0.15, 0.2) is 18.2 Å². The highest BCUT2D eigenvalue weighted by molar-refractivity contribution is 5.78. The summed E-state index contributed by atoms with van der Waals surface area (Å²) in [6, 6.07) is 6.04. The van der Waals surface area contributed by atoms with Gasteiger partial charge in [0, 0.05) is 0 Å². The van der Waals surface area contributed by atoms with Gasteiger partial charge in [-0.3, -0.25) is 4.79 Å². The Morgan fingerprint density at radius 2 is 2.05 bits per heavy atom. The molecule has 0 fully saturated rings. The largest absolute Gasteiger partial charge is 0.494 e. The molecule has 0 saturated carbocycles. The lowest BCUT2D eigenvalue weighted by Gasteiger charge is -2.25. The summed E-state index contributed by atoms with van der Waals surface area (Å²) in [5, 5.41) is 12.4. The molecule has 1 unspecified atom stereocenters. The van der Waals surface area contributed by atoms with E-state index in [0.717, 1.165) is 18.6 Å². The normalized spacial score (nSPS) is 13.7. The number of carbonyl (C=O) groups is 1. The van der Waals surface area contributed by atoms with Gasteiger partial charge < -0.3 is 15.2 Å². The Morgan fingerprint density at radius 3 is 2.62 bits per heavy atom. The van der Waals surface area contributed by atoms with Gasteiger partial charge in [-0.1, -0.05) is 19.4 Å². The molecule has 0 aromatic heterocycles. The number of ether oxygens (including phenoxy) is 1. The van der Waals surface area contributed by atoms with Gasteiger partial charge in [-0.2, -0.15) is 0 Å². The van der Waals surface area contributed by atoms with Crippen LogP contribution in [0.5, 0.6) is 5.75 Å². The van der Waals surface area contributed by atoms with Crippen LogP contribution < -0.4 is 10.1 Å². The number of benzene rings is 1. The van der Waals surface area contributed by atoms with Gasteiger partial charge in [0.05, 0.1) is 6.61 Å². The van der Waals surface area contributed by atoms with E-state index in [2.05, 4.69) is 19.2 Å². The van der Waals surface area contributed by atoms with Crippen LogP contribution in [0.4, 0.5) is 0 Å². The Labute approximate surface area is 127 Å². The van der Waals surface area contributed by atoms with Gasteiger partial charge in [-0.25, -0.2) is 0 Å². The third kappa shape index (κ3) is 5.38. The smallest absolute Gasteiger partial charge is 0.323 e. The number of nitrogens with one attached hydrogen (secondary N) is 1. The van der Waals surface area contributed by atoms with E-state index in [-0.39, 0.29) is 0 Å². The third-order valence-corrected chi connectivity index (χ3v) is 3.81. The molecule has 0 spiro atoms. The number of carboxylic acid groups (broad SMARTS) is 1. The van der Waals surface area contributed by atoms with Gasteiger partial charge >= 0.3 is 5.97 Å². The number of aryl methyl sites for hydroxylation is 2. The van der Waals surface area contributed by atoms with Crippen LogP contribution in [0, 0.1) is 13.8 Å². The lowest BCUT2D eigenvalue weighted by atomic mass is 9.96. The summed E-state index contributed by atoms with van der Waals surface area (Å²) in [5.74, 6) is 0.0760. The predicted molar refractivity (Wildman–Crippen MR) is 85.0 cm³/mol. The molecule has 0 aliphatic rings. The molecule has 4 heteroatoms. The highest BCUT2D eigenvalue weighted by atomic mass is 16.5. The van der Waals surface area contributed by atoms with Crippen LogP contribution in [0.25, 0.3) is 0 Å². The Hall–Kier alpha value is -1.55. The zero-order chi connectivity index (χ0) is 15.9. The van der Waals surface area contributed by atoms with Crippen molar-refractivity contribution in [3.63, 3.8) is 0 Å². The van der Waals surface area contributed by atoms with E-state index in [1.165, 1.54) is 11.1 Å². The average Bonchev–Trinajstić information content (AvgIpc) is 2.42. The predicted octanol–water partition coefficient (Wildman–Crippen LogP) is 3.31. The van der Waals surface area contributed by atoms with Crippen molar-refractivity contribution in [3.05, 3.63) is 29.3 Å². The fraction of sp³-hybridized carbons (Fsp3) is 0.588. The summed E-state index contributed by atoms with van der Waals surface area (Å²) < 4.78 is 5.69. The lowest BCUT2D eigenvalue weighted by Crippen LogP contribution is -2.49. The molecule has 1 aromatic carbocycles. The Bertz CT molecular complexity index is 473. The molecule has 1 aromatic rings. The second-order valence-electron chi connectivity index (χ2n) is 5.76. The molecule has 0 radical (unpaired) electrons. The second-order valence-corrected chi connectivity index (χ2v) is 5.76. The van der Waals surface area contributed by atoms with Crippen molar-refractivity contribution in [2.24, 2.45) is 0 Å². The minimum Gasteiger partial charge on any atom is -0.494 e. The maximum atomic E-state index is 11.3. The highest BCUT2D eigenvalue weighted by Gasteiger charge is 2.30. The maximum absolute atomic E-state index is 11.3. The van der Waals surface area contributed by atoms with E-state index in [1.54, 1.807) is 6.92 Å². The molecule has 0 bridgehead atoms. The zero-order valence-electron chi connectivity index (χ0n) is 13.5. The van der Waals surface area contributed by atoms with Gasteiger partial charge in [-0.05, 0) is 63.4 Å². The number of carboxylic acids is 1. The number of aliphatic carboxylic acids is 1. The molecule has 0 saturated heterocycles. The first-order valence-electron chi connectivity index (χ1n) is 7.57. The van der Waals surface area contributed by atoms with E-state index in [0.29, 0.717) is 19.6 Å². The first-order chi connectivity index (χ1) is 9.89. The van der Waals surface area contributed by atoms with E-state index in [9.17, 15) is 9.90 Å². The molecule has 21 heavy (non-hydrogen) atoms. The summed E-state index contributed by atoms with van der Waals surface area (Å²) in [5.41, 5.74) is 1.63. The minimum absolute atomic E-state index is 0.581. The molecule has 1 rings (SSSR count). The molecule has 0 heterocycles. The van der Waals surface area contributed by atoms with Crippen molar-refractivity contribution < 1.29 is 14.6 Å². The van der Waals surface area contributed by atoms with Crippen LogP contribution in [0.3, 0.4) is 0 Å². The van der Waals surface area contributed by atoms with E-state index in [1.807, 2.05) is 25.1 Å². The van der Waals surface area contributed by atoms with Crippen molar-refractivity contribution in [2.45, 2.75) is 52.5 Å². The van der Waals surface area contributed by atoms with Crippen molar-refractivity contribution in [1.82, 2.24) is 5.32 Å². The summed E-state index contributed by atoms with van der Waals surface area (Å²) in [4.78, 5) is 11.3. The zero-order valence-corrected chi connectivity index (χ0v) is 13.5. The number of rotatable bonds is 9. The van der Waals surface area contributed by atoms with Crippen molar-refractivity contribution in [2.75, 3.05) is 13.2 Å². The topological polar surface area (TPSA) is 58.6 Å². The molecule has 118 valence electrons. The molecule has 4 nitrogen and oxygen atoms in total. The van der Waals surface area contributed by atoms with E-state index < -0.39 is 11.5 Å². The highest BCUT2D eigenvalue weighted by Crippen LogP contribution is 2.16. The van der Waals surface area contributed by atoms with Crippen molar-refractivity contribution in [3.8, 4) is 5.75 Å². The summed E-state index contributed by atoms with van der Waals surface area (Å²) >= 11 is 0. The van der Waals surface area contributed by atoms with E-state index in [4.69, 9.17) is 4.74 Å². The Kier molecular flexibility index (Phi) is 6.69. The molecule has 0 aliphatic carbocycles. The monoisotopic (exact) mass is 293 g/mol. The molecule has 0 amide bonds. The van der Waals surface area contributed by atoms with Crippen LogP contribution in [-0.2, 0) is 4.79 Å². The standard InChI is InChI=1S/C17H27NO3/c1-5-9-17(4,16(19)20)18-10-6-11-21-15-8-7-13(2)14(3)12-15/h7-8,12,18H,5-6,9-11H2,1-4H3,(H,19,20). The average molecular weight is 293 g/mol. The van der Waals surface area contributed by atoms with Gasteiger partial charge in [0.15, 0.2) is 0 Å². The molecular formula is C17H27NO3. The summed E-state index contributed by atoms with van der Waals surface area (Å²) in [7, 11) is 0. The van der Waals surface area contributed by atoms with Crippen molar-refractivity contribution in [1.29, 1.82) is 0 Å². The van der Waals surface area contributed by atoms with Crippen LogP contribution >= 0.6 is 0 Å². The number of hydrogen-bond acceptors (Lipinski definition) is 3. The van der Waals surface area contributed by atoms with Gasteiger partial charge in [0.25, 0.3) is 0 Å². The molecule has 2 N–H and O–H groups in total. The first-order valence-corrected chi connectivity index (χ1v) is 7.57. The fourth-order valence-corrected chi connectivity index (χ4v) is 2.20. The van der Waals surface area contributed by atoms with Crippen LogP contribution in [0.1, 0.15) is 44.2 Å². The van der Waals surface area contributed by atoms with Crippen molar-refractivity contribution >= 4 is 5.97 Å². The summed E-state index contributed by atoms with van der Waals surface area (Å²) in [6.07, 6.45) is 2.24. The Morgan fingerprint density at radius 1 is 1.33 bits per heavy atom. The van der Waals surface area contributed by atoms with E-state index >= 15 is 0 Å². The molecule has 0 aliphatic heterocycles. The maximum Gasteiger partial charge on any atom is 0.323 e. The third-order valence-electron chi connectivity index (χ3n) is 3.81. The minimum atomic E-state index is -0.838. The summed E-state index contributed by atoms with van der Waals surface area (Å²) in [6.45, 7) is 9.08. The quantitative estimate of drug-likeness (QED) is 0.686. The molecule has 1 atom stereocenters. The van der Waals surface area contributed by atoms with Gasteiger partial charge in [0.2, 0.25) is 0 Å². The SMILES string of the molecule is CCCC(C)(NCCCOc1ccc(C)c(C)c1)C(=O)O. The fourth-order valence-electron chi connectivity index (χ4n) is 2.20. The first kappa shape index (κ1) is 17.5. The van der Waals surface area contributed by atoms with Crippen LogP contribution in [0.2, 0.25) is 0 Å². The Balaban J connectivity index is 2.33. The van der Waals surface area contributed by atoms with Crippen LogP contribution in [-0.4, -0.2) is 29.8 Å². The molecular weight excluding hydrogens is 266 g/mol.